The van der Waals surface area contributed by atoms with Crippen molar-refractivity contribution in [3.63, 3.8) is 0 Å². The number of carboxylic acid groups (broad SMARTS) is 1. The molecule has 6 nitrogen and oxygen atoms in total. The summed E-state index contributed by atoms with van der Waals surface area (Å²) in [6, 6.07) is 3.45. The lowest BCUT2D eigenvalue weighted by Crippen LogP contribution is -1.89. The van der Waals surface area contributed by atoms with E-state index in [1.807, 2.05) is 6.07 Å². The molecule has 0 unspecified atom stereocenters. The van der Waals surface area contributed by atoms with E-state index in [0.717, 1.165) is 15.4 Å². The first-order valence-electron chi connectivity index (χ1n) is 5.33. The Labute approximate surface area is 115 Å². The Morgan fingerprint density at radius 2 is 2.26 bits per heavy atom. The Morgan fingerprint density at radius 3 is 3.05 bits per heavy atom. The van der Waals surface area contributed by atoms with Crippen molar-refractivity contribution in [1.29, 1.82) is 0 Å². The SMILES string of the molecule is O=C(O)c1ccc(CSc2ncnc3nc[nH]c23)s1. The van der Waals surface area contributed by atoms with Crippen molar-refractivity contribution in [3.8, 4) is 0 Å². The van der Waals surface area contributed by atoms with Gasteiger partial charge in [0.1, 0.15) is 21.7 Å². The third-order valence-corrected chi connectivity index (χ3v) is 4.71. The summed E-state index contributed by atoms with van der Waals surface area (Å²) in [4.78, 5) is 27.5. The molecule has 0 fully saturated rings. The first kappa shape index (κ1) is 12.1. The Kier molecular flexibility index (Phi) is 3.18. The number of aromatic carboxylic acids is 1. The van der Waals surface area contributed by atoms with E-state index < -0.39 is 5.97 Å². The summed E-state index contributed by atoms with van der Waals surface area (Å²) in [5, 5.41) is 9.68. The first-order valence-corrected chi connectivity index (χ1v) is 7.13. The standard InChI is InChI=1S/C11H8N4O2S2/c16-11(17)7-2-1-6(19-7)3-18-10-8-9(13-4-12-8)14-5-15-10/h1-2,4-5H,3H2,(H,16,17)(H,12,13,14,15). The van der Waals surface area contributed by atoms with Crippen molar-refractivity contribution < 1.29 is 9.90 Å². The van der Waals surface area contributed by atoms with Crippen LogP contribution in [-0.4, -0.2) is 31.0 Å². The summed E-state index contributed by atoms with van der Waals surface area (Å²) < 4.78 is 0. The van der Waals surface area contributed by atoms with Gasteiger partial charge in [-0.1, -0.05) is 11.8 Å². The maximum absolute atomic E-state index is 10.8. The van der Waals surface area contributed by atoms with E-state index in [2.05, 4.69) is 19.9 Å². The lowest BCUT2D eigenvalue weighted by molar-refractivity contribution is 0.0702. The molecule has 0 aliphatic carbocycles. The van der Waals surface area contributed by atoms with Gasteiger partial charge in [0.15, 0.2) is 5.65 Å². The molecule has 0 bridgehead atoms. The highest BCUT2D eigenvalue weighted by Crippen LogP contribution is 2.28. The minimum atomic E-state index is -0.890. The van der Waals surface area contributed by atoms with Gasteiger partial charge in [-0.2, -0.15) is 0 Å². The van der Waals surface area contributed by atoms with Crippen LogP contribution in [0.15, 0.2) is 29.8 Å². The fraction of sp³-hybridized carbons (Fsp3) is 0.0909. The normalized spacial score (nSPS) is 10.9. The number of hydrogen-bond acceptors (Lipinski definition) is 6. The van der Waals surface area contributed by atoms with Gasteiger partial charge in [0.25, 0.3) is 0 Å². The number of H-pyrrole nitrogens is 1. The van der Waals surface area contributed by atoms with E-state index in [1.165, 1.54) is 29.4 Å². The number of hydrogen-bond donors (Lipinski definition) is 2. The molecule has 0 atom stereocenters. The van der Waals surface area contributed by atoms with Gasteiger partial charge in [-0.05, 0) is 12.1 Å². The fourth-order valence-corrected chi connectivity index (χ4v) is 3.41. The van der Waals surface area contributed by atoms with Crippen molar-refractivity contribution in [3.05, 3.63) is 34.5 Å². The molecule has 0 amide bonds. The number of aromatic nitrogens is 4. The first-order chi connectivity index (χ1) is 9.24. The average Bonchev–Trinajstić information content (AvgIpc) is 3.05. The fourth-order valence-electron chi connectivity index (χ4n) is 1.56. The summed E-state index contributed by atoms with van der Waals surface area (Å²) in [5.41, 5.74) is 1.44. The van der Waals surface area contributed by atoms with Crippen LogP contribution in [0.1, 0.15) is 14.5 Å². The number of imidazole rings is 1. The Balaban J connectivity index is 1.78. The van der Waals surface area contributed by atoms with Crippen LogP contribution in [0.2, 0.25) is 0 Å². The second kappa shape index (κ2) is 4.98. The number of carboxylic acids is 1. The number of aromatic amines is 1. The van der Waals surface area contributed by atoms with Crippen molar-refractivity contribution in [1.82, 2.24) is 19.9 Å². The summed E-state index contributed by atoms with van der Waals surface area (Å²) in [6.07, 6.45) is 3.06. The molecular weight excluding hydrogens is 284 g/mol. The molecule has 3 aromatic heterocycles. The number of thioether (sulfide) groups is 1. The molecule has 8 heteroatoms. The van der Waals surface area contributed by atoms with Gasteiger partial charge in [0, 0.05) is 10.6 Å². The number of carbonyl (C=O) groups is 1. The van der Waals surface area contributed by atoms with Crippen LogP contribution in [0.3, 0.4) is 0 Å². The quantitative estimate of drug-likeness (QED) is 0.566. The molecule has 0 saturated heterocycles. The lowest BCUT2D eigenvalue weighted by Gasteiger charge is -1.99. The summed E-state index contributed by atoms with van der Waals surface area (Å²) >= 11 is 2.81. The summed E-state index contributed by atoms with van der Waals surface area (Å²) in [5.74, 6) is -0.220. The number of fused-ring (bicyclic) bond motifs is 1. The summed E-state index contributed by atoms with van der Waals surface area (Å²) in [7, 11) is 0. The van der Waals surface area contributed by atoms with E-state index in [0.29, 0.717) is 16.3 Å². The van der Waals surface area contributed by atoms with Gasteiger partial charge in [-0.25, -0.2) is 19.7 Å². The molecule has 96 valence electrons. The van der Waals surface area contributed by atoms with Crippen LogP contribution in [0.5, 0.6) is 0 Å². The second-order valence-corrected chi connectivity index (χ2v) is 5.77. The molecule has 3 rings (SSSR count). The molecule has 2 N–H and O–H groups in total. The van der Waals surface area contributed by atoms with Gasteiger partial charge < -0.3 is 10.1 Å². The Hall–Kier alpha value is -1.93. The molecule has 0 aromatic carbocycles. The van der Waals surface area contributed by atoms with Crippen molar-refractivity contribution in [2.24, 2.45) is 0 Å². The smallest absolute Gasteiger partial charge is 0.345 e. The molecule has 0 aliphatic heterocycles. The number of rotatable bonds is 4. The third kappa shape index (κ3) is 2.45. The number of nitrogens with zero attached hydrogens (tertiary/aromatic N) is 3. The topological polar surface area (TPSA) is 91.8 Å². The van der Waals surface area contributed by atoms with Crippen LogP contribution < -0.4 is 0 Å². The molecule has 0 spiro atoms. The molecular formula is C11H8N4O2S2. The van der Waals surface area contributed by atoms with Gasteiger partial charge >= 0.3 is 5.97 Å². The van der Waals surface area contributed by atoms with Crippen molar-refractivity contribution in [2.45, 2.75) is 10.8 Å². The van der Waals surface area contributed by atoms with Crippen LogP contribution in [0.4, 0.5) is 0 Å². The van der Waals surface area contributed by atoms with Crippen molar-refractivity contribution >= 4 is 40.2 Å². The number of thiophene rings is 1. The third-order valence-electron chi connectivity index (χ3n) is 2.41. The van der Waals surface area contributed by atoms with E-state index >= 15 is 0 Å². The van der Waals surface area contributed by atoms with E-state index in [1.54, 1.807) is 12.4 Å². The van der Waals surface area contributed by atoms with Gasteiger partial charge in [-0.3, -0.25) is 0 Å². The zero-order chi connectivity index (χ0) is 13.2. The van der Waals surface area contributed by atoms with Crippen molar-refractivity contribution in [2.75, 3.05) is 0 Å². The van der Waals surface area contributed by atoms with E-state index in [9.17, 15) is 4.79 Å². The van der Waals surface area contributed by atoms with Crippen LogP contribution in [0.25, 0.3) is 11.2 Å². The minimum Gasteiger partial charge on any atom is -0.477 e. The molecule has 3 aromatic rings. The highest BCUT2D eigenvalue weighted by molar-refractivity contribution is 7.98. The van der Waals surface area contributed by atoms with Gasteiger partial charge in [0.2, 0.25) is 0 Å². The molecule has 0 radical (unpaired) electrons. The van der Waals surface area contributed by atoms with Crippen LogP contribution in [0, 0.1) is 0 Å². The monoisotopic (exact) mass is 292 g/mol. The lowest BCUT2D eigenvalue weighted by atomic mass is 10.4. The molecule has 3 heterocycles. The molecule has 19 heavy (non-hydrogen) atoms. The predicted molar refractivity (Wildman–Crippen MR) is 72.5 cm³/mol. The molecule has 0 aliphatic rings. The van der Waals surface area contributed by atoms with E-state index in [4.69, 9.17) is 5.11 Å². The maximum Gasteiger partial charge on any atom is 0.345 e. The highest BCUT2D eigenvalue weighted by Gasteiger charge is 2.10. The van der Waals surface area contributed by atoms with Gasteiger partial charge in [-0.15, -0.1) is 11.3 Å². The largest absolute Gasteiger partial charge is 0.477 e. The summed E-state index contributed by atoms with van der Waals surface area (Å²) in [6.45, 7) is 0. The number of nitrogens with one attached hydrogen (secondary N) is 1. The van der Waals surface area contributed by atoms with Gasteiger partial charge in [0.05, 0.1) is 6.33 Å². The molecule has 0 saturated carbocycles. The Morgan fingerprint density at radius 1 is 1.37 bits per heavy atom. The predicted octanol–water partition coefficient (Wildman–Crippen LogP) is 2.40. The van der Waals surface area contributed by atoms with E-state index in [-0.39, 0.29) is 0 Å². The maximum atomic E-state index is 10.8. The zero-order valence-corrected chi connectivity index (χ0v) is 11.2. The highest BCUT2D eigenvalue weighted by atomic mass is 32.2. The van der Waals surface area contributed by atoms with Crippen LogP contribution in [-0.2, 0) is 5.75 Å². The average molecular weight is 292 g/mol. The second-order valence-electron chi connectivity index (χ2n) is 3.64. The van der Waals surface area contributed by atoms with Crippen LogP contribution >= 0.6 is 23.1 Å². The zero-order valence-electron chi connectivity index (χ0n) is 9.53. The minimum absolute atomic E-state index is 0.352. The Bertz CT molecular complexity index is 737.